The van der Waals surface area contributed by atoms with Gasteiger partial charge in [-0.1, -0.05) is 35.9 Å². The largest absolute Gasteiger partial charge is 0.348 e. The first-order chi connectivity index (χ1) is 13.0. The molecule has 150 valence electrons. The van der Waals surface area contributed by atoms with E-state index < -0.39 is 10.0 Å². The molecule has 8 heteroatoms. The molecule has 0 atom stereocenters. The van der Waals surface area contributed by atoms with Crippen LogP contribution in [0.2, 0.25) is 0 Å². The van der Waals surface area contributed by atoms with Gasteiger partial charge >= 0.3 is 0 Å². The molecule has 0 aliphatic carbocycles. The number of hydrogen-bond acceptors (Lipinski definition) is 4. The van der Waals surface area contributed by atoms with E-state index in [1.54, 1.807) is 36.4 Å². The molecule has 6 nitrogen and oxygen atoms in total. The molecule has 2 aromatic carbocycles. The van der Waals surface area contributed by atoms with Crippen molar-refractivity contribution in [2.75, 3.05) is 31.0 Å². The van der Waals surface area contributed by atoms with Gasteiger partial charge in [-0.05, 0) is 43.3 Å². The van der Waals surface area contributed by atoms with E-state index in [-0.39, 0.29) is 23.2 Å². The fourth-order valence-corrected chi connectivity index (χ4v) is 4.10. The van der Waals surface area contributed by atoms with Gasteiger partial charge in [0.25, 0.3) is 15.9 Å². The van der Waals surface area contributed by atoms with Crippen LogP contribution in [0.25, 0.3) is 0 Å². The molecule has 1 aliphatic rings. The maximum atomic E-state index is 12.9. The van der Waals surface area contributed by atoms with Crippen LogP contribution in [0.5, 0.6) is 0 Å². The van der Waals surface area contributed by atoms with E-state index in [1.165, 1.54) is 29.1 Å². The number of carbonyl (C=O) groups is 1. The molecule has 28 heavy (non-hydrogen) atoms. The average Bonchev–Trinajstić information content (AvgIpc) is 2.73. The molecule has 2 aromatic rings. The summed E-state index contributed by atoms with van der Waals surface area (Å²) in [6.45, 7) is 2.19. The first-order valence-electron chi connectivity index (χ1n) is 8.79. The highest BCUT2D eigenvalue weighted by molar-refractivity contribution is 7.92. The maximum absolute atomic E-state index is 12.9. The first kappa shape index (κ1) is 21.9. The van der Waals surface area contributed by atoms with Crippen LogP contribution in [0.3, 0.4) is 0 Å². The molecule has 1 aliphatic heterocycles. The zero-order chi connectivity index (χ0) is 19.3. The third-order valence-electron chi connectivity index (χ3n) is 4.51. The van der Waals surface area contributed by atoms with E-state index in [4.69, 9.17) is 0 Å². The lowest BCUT2D eigenvalue weighted by Crippen LogP contribution is -2.30. The summed E-state index contributed by atoms with van der Waals surface area (Å²) in [6.07, 6.45) is 2.97. The molecule has 0 spiro atoms. The number of amides is 1. The van der Waals surface area contributed by atoms with Crippen molar-refractivity contribution >= 4 is 34.0 Å². The molecule has 3 rings (SSSR count). The molecular formula is C20H24ClN3O3S. The van der Waals surface area contributed by atoms with E-state index in [2.05, 4.69) is 16.7 Å². The van der Waals surface area contributed by atoms with Crippen LogP contribution in [0.1, 0.15) is 16.8 Å². The molecule has 2 N–H and O–H groups in total. The minimum Gasteiger partial charge on any atom is -0.348 e. The number of carbonyl (C=O) groups excluding carboxylic acids is 1. The van der Waals surface area contributed by atoms with Gasteiger partial charge in [0.05, 0.1) is 10.6 Å². The second-order valence-electron chi connectivity index (χ2n) is 6.34. The van der Waals surface area contributed by atoms with Gasteiger partial charge < -0.3 is 10.6 Å². The van der Waals surface area contributed by atoms with E-state index >= 15 is 0 Å². The Labute approximate surface area is 172 Å². The fraction of sp³-hybridized carbons (Fsp3) is 0.250. The zero-order valence-electron chi connectivity index (χ0n) is 15.6. The highest BCUT2D eigenvalue weighted by Gasteiger charge is 2.22. The Morgan fingerprint density at radius 1 is 1.14 bits per heavy atom. The molecule has 0 unspecified atom stereocenters. The number of anilines is 1. The molecule has 1 heterocycles. The summed E-state index contributed by atoms with van der Waals surface area (Å²) in [7, 11) is -2.25. The number of hydrogen-bond donors (Lipinski definition) is 2. The number of benzene rings is 2. The van der Waals surface area contributed by atoms with Gasteiger partial charge in [0.2, 0.25) is 0 Å². The van der Waals surface area contributed by atoms with Gasteiger partial charge in [0.1, 0.15) is 0 Å². The van der Waals surface area contributed by atoms with Crippen LogP contribution in [-0.2, 0) is 10.0 Å². The van der Waals surface area contributed by atoms with Crippen LogP contribution < -0.4 is 14.9 Å². The number of sulfonamides is 1. The van der Waals surface area contributed by atoms with Crippen molar-refractivity contribution in [2.24, 2.45) is 0 Å². The number of halogens is 1. The average molecular weight is 422 g/mol. The van der Waals surface area contributed by atoms with Gasteiger partial charge in [-0.25, -0.2) is 8.42 Å². The quantitative estimate of drug-likeness (QED) is 0.703. The van der Waals surface area contributed by atoms with Crippen molar-refractivity contribution in [1.82, 2.24) is 10.6 Å². The van der Waals surface area contributed by atoms with Crippen molar-refractivity contribution in [3.05, 3.63) is 71.8 Å². The van der Waals surface area contributed by atoms with Crippen molar-refractivity contribution in [3.8, 4) is 0 Å². The summed E-state index contributed by atoms with van der Waals surface area (Å²) in [5, 5.41) is 6.09. The van der Waals surface area contributed by atoms with Crippen molar-refractivity contribution in [3.63, 3.8) is 0 Å². The summed E-state index contributed by atoms with van der Waals surface area (Å²) in [5.41, 5.74) is 2.06. The minimum atomic E-state index is -3.75. The predicted octanol–water partition coefficient (Wildman–Crippen LogP) is 2.58. The smallest absolute Gasteiger partial charge is 0.264 e. The van der Waals surface area contributed by atoms with E-state index in [9.17, 15) is 13.2 Å². The molecule has 1 amide bonds. The summed E-state index contributed by atoms with van der Waals surface area (Å²) < 4.78 is 27.0. The van der Waals surface area contributed by atoms with Crippen LogP contribution in [0.15, 0.2) is 71.1 Å². The van der Waals surface area contributed by atoms with Crippen LogP contribution in [0.4, 0.5) is 5.69 Å². The zero-order valence-corrected chi connectivity index (χ0v) is 17.2. The van der Waals surface area contributed by atoms with Crippen molar-refractivity contribution in [2.45, 2.75) is 11.3 Å². The molecular weight excluding hydrogens is 398 g/mol. The van der Waals surface area contributed by atoms with E-state index in [0.717, 1.165) is 19.5 Å². The number of nitrogens with zero attached hydrogens (tertiary/aromatic N) is 1. The summed E-state index contributed by atoms with van der Waals surface area (Å²) in [5.74, 6) is -0.283. The van der Waals surface area contributed by atoms with Crippen LogP contribution in [0, 0.1) is 0 Å². The van der Waals surface area contributed by atoms with Gasteiger partial charge in [0.15, 0.2) is 0 Å². The van der Waals surface area contributed by atoms with Crippen molar-refractivity contribution in [1.29, 1.82) is 0 Å². The second-order valence-corrected chi connectivity index (χ2v) is 8.30. The molecule has 0 radical (unpaired) electrons. The topological polar surface area (TPSA) is 78.5 Å². The van der Waals surface area contributed by atoms with Gasteiger partial charge in [0, 0.05) is 25.7 Å². The standard InChI is InChI=1S/C20H23N3O3S.ClH/c1-23(18-7-3-2-4-8-18)27(25,26)19-9-5-6-17(14-19)20(24)22-15-16-10-12-21-13-11-16;/h2-10,14,21H,11-13,15H2,1H3,(H,22,24);1H. The minimum absolute atomic E-state index is 0. The highest BCUT2D eigenvalue weighted by Crippen LogP contribution is 2.22. The molecule has 0 saturated carbocycles. The number of para-hydroxylation sites is 1. The maximum Gasteiger partial charge on any atom is 0.264 e. The lowest BCUT2D eigenvalue weighted by molar-refractivity contribution is 0.0956. The van der Waals surface area contributed by atoms with Gasteiger partial charge in [-0.15, -0.1) is 12.4 Å². The Kier molecular flexibility index (Phi) is 7.62. The first-order valence-corrected chi connectivity index (χ1v) is 10.2. The van der Waals surface area contributed by atoms with E-state index in [1.807, 2.05) is 6.07 Å². The fourth-order valence-electron chi connectivity index (χ4n) is 2.86. The monoisotopic (exact) mass is 421 g/mol. The number of rotatable bonds is 6. The normalized spacial score (nSPS) is 13.8. The summed E-state index contributed by atoms with van der Waals surface area (Å²) in [4.78, 5) is 12.5. The Hall–Kier alpha value is -2.35. The summed E-state index contributed by atoms with van der Waals surface area (Å²) in [6, 6.07) is 15.0. The highest BCUT2D eigenvalue weighted by atomic mass is 35.5. The molecule has 0 fully saturated rings. The third-order valence-corrected chi connectivity index (χ3v) is 6.29. The lowest BCUT2D eigenvalue weighted by atomic mass is 10.1. The van der Waals surface area contributed by atoms with Crippen LogP contribution >= 0.6 is 12.4 Å². The Balaban J connectivity index is 0.00000280. The Morgan fingerprint density at radius 2 is 1.89 bits per heavy atom. The SMILES string of the molecule is CN(c1ccccc1)S(=O)(=O)c1cccc(C(=O)NCC2=CCNCC2)c1.Cl. The Morgan fingerprint density at radius 3 is 2.57 bits per heavy atom. The van der Waals surface area contributed by atoms with Gasteiger partial charge in [-0.3, -0.25) is 9.10 Å². The summed E-state index contributed by atoms with van der Waals surface area (Å²) >= 11 is 0. The lowest BCUT2D eigenvalue weighted by Gasteiger charge is -2.20. The molecule has 0 aromatic heterocycles. The van der Waals surface area contributed by atoms with E-state index in [0.29, 0.717) is 17.8 Å². The molecule has 0 bridgehead atoms. The number of nitrogens with one attached hydrogen (secondary N) is 2. The van der Waals surface area contributed by atoms with Crippen molar-refractivity contribution < 1.29 is 13.2 Å². The second kappa shape index (κ2) is 9.73. The third kappa shape index (κ3) is 5.13. The van der Waals surface area contributed by atoms with Crippen LogP contribution in [-0.4, -0.2) is 41.0 Å². The Bertz CT molecular complexity index is 946. The predicted molar refractivity (Wildman–Crippen MR) is 114 cm³/mol. The molecule has 0 saturated heterocycles. The van der Waals surface area contributed by atoms with Gasteiger partial charge in [-0.2, -0.15) is 0 Å².